The van der Waals surface area contributed by atoms with Gasteiger partial charge in [-0.1, -0.05) is 54.2 Å². The molecule has 0 atom stereocenters. The summed E-state index contributed by atoms with van der Waals surface area (Å²) in [5, 5.41) is 0.955. The number of fused-ring (bicyclic) bond motifs is 1. The number of rotatable bonds is 6. The molecule has 1 amide bonds. The molecule has 1 fully saturated rings. The quantitative estimate of drug-likeness (QED) is 0.375. The van der Waals surface area contributed by atoms with E-state index in [-0.39, 0.29) is 5.91 Å². The normalized spacial score (nSPS) is 14.1. The van der Waals surface area contributed by atoms with Crippen molar-refractivity contribution in [1.29, 1.82) is 0 Å². The highest BCUT2D eigenvalue weighted by atomic mass is 32.2. The van der Waals surface area contributed by atoms with E-state index in [1.807, 2.05) is 41.4 Å². The predicted molar refractivity (Wildman–Crippen MR) is 129 cm³/mol. The molecular weight excluding hydrogens is 416 g/mol. The molecule has 0 spiro atoms. The van der Waals surface area contributed by atoms with E-state index in [4.69, 9.17) is 4.98 Å². The number of imidazole rings is 1. The molecule has 3 heterocycles. The highest BCUT2D eigenvalue weighted by Crippen LogP contribution is 2.27. The van der Waals surface area contributed by atoms with Crippen LogP contribution in [0.25, 0.3) is 11.2 Å². The zero-order valence-electron chi connectivity index (χ0n) is 18.0. The van der Waals surface area contributed by atoms with Crippen LogP contribution in [-0.2, 0) is 12.3 Å². The lowest BCUT2D eigenvalue weighted by molar-refractivity contribution is 0.0724. The third kappa shape index (κ3) is 4.55. The summed E-state index contributed by atoms with van der Waals surface area (Å²) in [5.41, 5.74) is 4.99. The number of hydrogen-bond acceptors (Lipinski definition) is 4. The van der Waals surface area contributed by atoms with Gasteiger partial charge in [-0.25, -0.2) is 9.97 Å². The molecule has 0 aliphatic carbocycles. The number of piperidine rings is 1. The highest BCUT2D eigenvalue weighted by Gasteiger charge is 2.18. The molecule has 1 saturated heterocycles. The second kappa shape index (κ2) is 9.57. The lowest BCUT2D eigenvalue weighted by Crippen LogP contribution is -2.35. The van der Waals surface area contributed by atoms with E-state index < -0.39 is 0 Å². The Morgan fingerprint density at radius 1 is 0.875 bits per heavy atom. The molecule has 0 saturated carbocycles. The second-order valence-corrected chi connectivity index (χ2v) is 9.09. The Kier molecular flexibility index (Phi) is 6.21. The number of thioether (sulfide) groups is 1. The molecule has 2 aromatic heterocycles. The summed E-state index contributed by atoms with van der Waals surface area (Å²) in [5.74, 6) is 0.940. The largest absolute Gasteiger partial charge is 0.339 e. The molecule has 5 nitrogen and oxygen atoms in total. The number of pyridine rings is 1. The summed E-state index contributed by atoms with van der Waals surface area (Å²) in [7, 11) is 0. The average Bonchev–Trinajstić information content (AvgIpc) is 3.21. The monoisotopic (exact) mass is 442 g/mol. The van der Waals surface area contributed by atoms with Gasteiger partial charge in [0.15, 0.2) is 10.8 Å². The molecule has 4 aromatic rings. The summed E-state index contributed by atoms with van der Waals surface area (Å²) >= 11 is 1.70. The number of likely N-dealkylation sites (tertiary alicyclic amines) is 1. The van der Waals surface area contributed by atoms with Crippen molar-refractivity contribution in [3.63, 3.8) is 0 Å². The number of benzene rings is 2. The maximum Gasteiger partial charge on any atom is 0.253 e. The van der Waals surface area contributed by atoms with Gasteiger partial charge in [-0.05, 0) is 54.7 Å². The molecule has 1 aliphatic rings. The van der Waals surface area contributed by atoms with Crippen LogP contribution in [0.5, 0.6) is 0 Å². The smallest absolute Gasteiger partial charge is 0.253 e. The molecule has 0 radical (unpaired) electrons. The third-order valence-electron chi connectivity index (χ3n) is 5.86. The van der Waals surface area contributed by atoms with Gasteiger partial charge in [-0.15, -0.1) is 0 Å². The number of hydrogen-bond donors (Lipinski definition) is 0. The van der Waals surface area contributed by atoms with Gasteiger partial charge in [0.1, 0.15) is 5.52 Å². The van der Waals surface area contributed by atoms with Gasteiger partial charge >= 0.3 is 0 Å². The highest BCUT2D eigenvalue weighted by molar-refractivity contribution is 7.98. The van der Waals surface area contributed by atoms with E-state index in [1.165, 1.54) is 17.5 Å². The van der Waals surface area contributed by atoms with Crippen LogP contribution >= 0.6 is 11.8 Å². The van der Waals surface area contributed by atoms with Crippen molar-refractivity contribution >= 4 is 28.8 Å². The van der Waals surface area contributed by atoms with Gasteiger partial charge in [0.25, 0.3) is 5.91 Å². The third-order valence-corrected chi connectivity index (χ3v) is 6.91. The van der Waals surface area contributed by atoms with Gasteiger partial charge in [0, 0.05) is 30.6 Å². The van der Waals surface area contributed by atoms with E-state index in [2.05, 4.69) is 45.9 Å². The molecule has 162 valence electrons. The fourth-order valence-corrected chi connectivity index (χ4v) is 5.09. The number of carbonyl (C=O) groups excluding carboxylic acids is 1. The Bertz CT molecular complexity index is 1200. The Morgan fingerprint density at radius 2 is 1.66 bits per heavy atom. The lowest BCUT2D eigenvalue weighted by Gasteiger charge is -2.26. The topological polar surface area (TPSA) is 51.0 Å². The Balaban J connectivity index is 1.32. The minimum atomic E-state index is 0.152. The zero-order chi connectivity index (χ0) is 21.8. The van der Waals surface area contributed by atoms with Crippen LogP contribution < -0.4 is 0 Å². The van der Waals surface area contributed by atoms with Crippen LogP contribution in [0, 0.1) is 0 Å². The molecule has 0 unspecified atom stereocenters. The van der Waals surface area contributed by atoms with Gasteiger partial charge in [-0.2, -0.15) is 0 Å². The summed E-state index contributed by atoms with van der Waals surface area (Å²) < 4.78 is 2.18. The zero-order valence-corrected chi connectivity index (χ0v) is 18.8. The van der Waals surface area contributed by atoms with Crippen molar-refractivity contribution in [2.45, 2.75) is 36.7 Å². The summed E-state index contributed by atoms with van der Waals surface area (Å²) in [6.07, 6.45) is 5.27. The first-order chi connectivity index (χ1) is 15.8. The van der Waals surface area contributed by atoms with Gasteiger partial charge < -0.3 is 4.90 Å². The first kappa shape index (κ1) is 20.8. The fraction of sp³-hybridized carbons (Fsp3) is 0.269. The Labute approximate surface area is 192 Å². The van der Waals surface area contributed by atoms with Crippen molar-refractivity contribution in [2.75, 3.05) is 13.1 Å². The number of carbonyl (C=O) groups is 1. The first-order valence-electron chi connectivity index (χ1n) is 11.1. The summed E-state index contributed by atoms with van der Waals surface area (Å²) in [6.45, 7) is 2.49. The minimum Gasteiger partial charge on any atom is -0.339 e. The van der Waals surface area contributed by atoms with Crippen LogP contribution in [0.4, 0.5) is 0 Å². The Morgan fingerprint density at radius 3 is 2.44 bits per heavy atom. The second-order valence-electron chi connectivity index (χ2n) is 8.15. The minimum absolute atomic E-state index is 0.152. The van der Waals surface area contributed by atoms with E-state index in [1.54, 1.807) is 11.8 Å². The standard InChI is InChI=1S/C26H26N4OS/c31-25(29-16-5-2-6-17-29)22-13-11-21(12-14-22)19-32-26-28-23-10-7-15-27-24(23)30(26)18-20-8-3-1-4-9-20/h1,3-4,7-15H,2,5-6,16-19H2. The van der Waals surface area contributed by atoms with Gasteiger partial charge in [-0.3, -0.25) is 9.36 Å². The van der Waals surface area contributed by atoms with E-state index >= 15 is 0 Å². The van der Waals surface area contributed by atoms with Crippen molar-refractivity contribution in [3.8, 4) is 0 Å². The molecule has 0 bridgehead atoms. The number of aromatic nitrogens is 3. The lowest BCUT2D eigenvalue weighted by atomic mass is 10.1. The Hall–Kier alpha value is -3.12. The predicted octanol–water partition coefficient (Wildman–Crippen LogP) is 5.40. The van der Waals surface area contributed by atoms with E-state index in [9.17, 15) is 4.79 Å². The summed E-state index contributed by atoms with van der Waals surface area (Å²) in [4.78, 5) is 24.1. The maximum atomic E-state index is 12.7. The van der Waals surface area contributed by atoms with Gasteiger partial charge in [0.05, 0.1) is 6.54 Å². The van der Waals surface area contributed by atoms with E-state index in [0.717, 1.165) is 60.1 Å². The average molecular weight is 443 g/mol. The molecule has 6 heteroatoms. The fourth-order valence-electron chi connectivity index (χ4n) is 4.13. The number of nitrogens with zero attached hydrogens (tertiary/aromatic N) is 4. The molecule has 32 heavy (non-hydrogen) atoms. The molecule has 1 aliphatic heterocycles. The molecule has 0 N–H and O–H groups in total. The SMILES string of the molecule is O=C(c1ccc(CSc2nc3cccnc3n2Cc2ccccc2)cc1)N1CCCCC1. The van der Waals surface area contributed by atoms with Crippen LogP contribution in [0.2, 0.25) is 0 Å². The number of amides is 1. The van der Waals surface area contributed by atoms with Crippen LogP contribution in [0.15, 0.2) is 78.1 Å². The van der Waals surface area contributed by atoms with Crippen LogP contribution in [0.1, 0.15) is 40.7 Å². The van der Waals surface area contributed by atoms with Crippen molar-refractivity contribution in [3.05, 3.63) is 89.6 Å². The molecule has 2 aromatic carbocycles. The van der Waals surface area contributed by atoms with E-state index in [0.29, 0.717) is 0 Å². The van der Waals surface area contributed by atoms with Crippen LogP contribution in [0.3, 0.4) is 0 Å². The van der Waals surface area contributed by atoms with Crippen molar-refractivity contribution in [2.24, 2.45) is 0 Å². The maximum absolute atomic E-state index is 12.7. The molecular formula is C26H26N4OS. The molecule has 5 rings (SSSR count). The van der Waals surface area contributed by atoms with Crippen LogP contribution in [-0.4, -0.2) is 38.4 Å². The summed E-state index contributed by atoms with van der Waals surface area (Å²) in [6, 6.07) is 22.4. The van der Waals surface area contributed by atoms with Gasteiger partial charge in [0.2, 0.25) is 0 Å². The first-order valence-corrected chi connectivity index (χ1v) is 12.1. The van der Waals surface area contributed by atoms with Crippen molar-refractivity contribution in [1.82, 2.24) is 19.4 Å². The van der Waals surface area contributed by atoms with Crippen molar-refractivity contribution < 1.29 is 4.79 Å².